The molecule has 0 aliphatic heterocycles. The van der Waals surface area contributed by atoms with E-state index in [-0.39, 0.29) is 11.3 Å². The maximum absolute atomic E-state index is 11.9. The Morgan fingerprint density at radius 3 is 2.07 bits per heavy atom. The van der Waals surface area contributed by atoms with Gasteiger partial charge in [-0.2, -0.15) is 0 Å². The zero-order valence-corrected chi connectivity index (χ0v) is 10.6. The molecule has 0 saturated heterocycles. The average molecular weight is 199 g/mol. The van der Waals surface area contributed by atoms with Gasteiger partial charge >= 0.3 is 0 Å². The van der Waals surface area contributed by atoms with Gasteiger partial charge in [0, 0.05) is 19.5 Å². The van der Waals surface area contributed by atoms with Gasteiger partial charge < -0.3 is 4.90 Å². The quantitative estimate of drug-likeness (QED) is 0.681. The van der Waals surface area contributed by atoms with E-state index in [0.717, 1.165) is 13.1 Å². The highest BCUT2D eigenvalue weighted by Crippen LogP contribution is 2.20. The topological polar surface area (TPSA) is 20.3 Å². The first kappa shape index (κ1) is 13.5. The fourth-order valence-corrected chi connectivity index (χ4v) is 1.41. The molecule has 0 aromatic carbocycles. The Hall–Kier alpha value is -0.530. The maximum Gasteiger partial charge on any atom is 0.223 e. The summed E-state index contributed by atoms with van der Waals surface area (Å²) in [6, 6.07) is 0. The fraction of sp³-hybridized carbons (Fsp3) is 0.917. The van der Waals surface area contributed by atoms with E-state index in [2.05, 4.69) is 34.6 Å². The van der Waals surface area contributed by atoms with E-state index in [1.54, 1.807) is 0 Å². The predicted octanol–water partition coefficient (Wildman–Crippen LogP) is 2.93. The number of carbonyl (C=O) groups excluding carboxylic acids is 1. The van der Waals surface area contributed by atoms with E-state index >= 15 is 0 Å². The monoisotopic (exact) mass is 199 g/mol. The summed E-state index contributed by atoms with van der Waals surface area (Å²) < 4.78 is 0. The molecule has 0 aliphatic carbocycles. The van der Waals surface area contributed by atoms with Crippen molar-refractivity contribution in [2.24, 2.45) is 11.3 Å². The number of nitrogens with zero attached hydrogens (tertiary/aromatic N) is 1. The van der Waals surface area contributed by atoms with Gasteiger partial charge in [0.1, 0.15) is 0 Å². The molecule has 84 valence electrons. The molecule has 0 bridgehead atoms. The highest BCUT2D eigenvalue weighted by atomic mass is 16.2. The molecule has 0 spiro atoms. The minimum atomic E-state index is 0.0987. The Balaban J connectivity index is 4.18. The van der Waals surface area contributed by atoms with Crippen LogP contribution < -0.4 is 0 Å². The van der Waals surface area contributed by atoms with Crippen molar-refractivity contribution in [2.45, 2.75) is 48.0 Å². The van der Waals surface area contributed by atoms with Crippen molar-refractivity contribution in [1.82, 2.24) is 4.90 Å². The van der Waals surface area contributed by atoms with E-state index in [9.17, 15) is 4.79 Å². The van der Waals surface area contributed by atoms with Crippen LogP contribution in [0.25, 0.3) is 0 Å². The molecule has 0 radical (unpaired) electrons. The smallest absolute Gasteiger partial charge is 0.223 e. The number of hydrogen-bond acceptors (Lipinski definition) is 1. The third kappa shape index (κ3) is 6.01. The molecule has 2 nitrogen and oxygen atoms in total. The molecule has 0 heterocycles. The van der Waals surface area contributed by atoms with Crippen molar-refractivity contribution < 1.29 is 4.79 Å². The zero-order valence-electron chi connectivity index (χ0n) is 10.6. The van der Waals surface area contributed by atoms with Crippen LogP contribution in [0.5, 0.6) is 0 Å². The lowest BCUT2D eigenvalue weighted by Crippen LogP contribution is -2.36. The molecule has 0 aliphatic rings. The van der Waals surface area contributed by atoms with Crippen LogP contribution in [0.2, 0.25) is 0 Å². The van der Waals surface area contributed by atoms with E-state index in [0.29, 0.717) is 12.3 Å². The van der Waals surface area contributed by atoms with Gasteiger partial charge in [0.25, 0.3) is 0 Å². The summed E-state index contributed by atoms with van der Waals surface area (Å²) in [4.78, 5) is 13.8. The largest absolute Gasteiger partial charge is 0.343 e. The Bertz CT molecular complexity index is 179. The van der Waals surface area contributed by atoms with Crippen molar-refractivity contribution in [3.8, 4) is 0 Å². The normalized spacial score (nSPS) is 11.9. The molecule has 0 saturated carbocycles. The highest BCUT2D eigenvalue weighted by Gasteiger charge is 2.20. The summed E-state index contributed by atoms with van der Waals surface area (Å²) in [5, 5.41) is 0. The van der Waals surface area contributed by atoms with Gasteiger partial charge in [-0.1, -0.05) is 34.6 Å². The molecule has 0 unspecified atom stereocenters. The van der Waals surface area contributed by atoms with Crippen LogP contribution in [0.3, 0.4) is 0 Å². The lowest BCUT2D eigenvalue weighted by molar-refractivity contribution is -0.133. The Kier molecular flexibility index (Phi) is 5.17. The minimum absolute atomic E-state index is 0.0987. The lowest BCUT2D eigenvalue weighted by atomic mass is 9.91. The van der Waals surface area contributed by atoms with Crippen LogP contribution in [0, 0.1) is 11.3 Å². The van der Waals surface area contributed by atoms with Crippen LogP contribution >= 0.6 is 0 Å². The lowest BCUT2D eigenvalue weighted by Gasteiger charge is -2.27. The fourth-order valence-electron chi connectivity index (χ4n) is 1.41. The summed E-state index contributed by atoms with van der Waals surface area (Å²) in [6.07, 6.45) is 0.646. The number of carbonyl (C=O) groups is 1. The summed E-state index contributed by atoms with van der Waals surface area (Å²) in [7, 11) is 0. The number of hydrogen-bond donors (Lipinski definition) is 0. The van der Waals surface area contributed by atoms with Gasteiger partial charge in [0.05, 0.1) is 0 Å². The van der Waals surface area contributed by atoms with Gasteiger partial charge in [0.2, 0.25) is 5.91 Å². The molecule has 2 heteroatoms. The van der Waals surface area contributed by atoms with E-state index < -0.39 is 0 Å². The first-order valence-corrected chi connectivity index (χ1v) is 5.54. The van der Waals surface area contributed by atoms with Gasteiger partial charge in [-0.05, 0) is 18.3 Å². The summed E-state index contributed by atoms with van der Waals surface area (Å²) in [5.74, 6) is 0.840. The van der Waals surface area contributed by atoms with E-state index in [1.807, 2.05) is 11.8 Å². The highest BCUT2D eigenvalue weighted by molar-refractivity contribution is 5.76. The van der Waals surface area contributed by atoms with Gasteiger partial charge in [0.15, 0.2) is 0 Å². The molecule has 0 aromatic rings. The summed E-state index contributed by atoms with van der Waals surface area (Å²) in [6.45, 7) is 14.4. The zero-order chi connectivity index (χ0) is 11.4. The number of amides is 1. The SMILES string of the molecule is CCN(CC(C)C)C(=O)CC(C)(C)C. The maximum atomic E-state index is 11.9. The molecule has 0 N–H and O–H groups in total. The second-order valence-corrected chi connectivity index (χ2v) is 5.56. The van der Waals surface area contributed by atoms with E-state index in [1.165, 1.54) is 0 Å². The summed E-state index contributed by atoms with van der Waals surface area (Å²) in [5.41, 5.74) is 0.0987. The van der Waals surface area contributed by atoms with Crippen molar-refractivity contribution in [3.05, 3.63) is 0 Å². The standard InChI is InChI=1S/C12H25NO/c1-7-13(9-10(2)3)11(14)8-12(4,5)6/h10H,7-9H2,1-6H3. The average Bonchev–Trinajstić information content (AvgIpc) is 1.96. The van der Waals surface area contributed by atoms with Crippen LogP contribution in [0.4, 0.5) is 0 Å². The molecule has 14 heavy (non-hydrogen) atoms. The van der Waals surface area contributed by atoms with Crippen LogP contribution in [-0.2, 0) is 4.79 Å². The molecule has 0 rings (SSSR count). The second-order valence-electron chi connectivity index (χ2n) is 5.56. The first-order chi connectivity index (χ1) is 6.26. The third-order valence-electron chi connectivity index (χ3n) is 2.00. The van der Waals surface area contributed by atoms with Gasteiger partial charge in [-0.25, -0.2) is 0 Å². The molecule has 0 fully saturated rings. The van der Waals surface area contributed by atoms with Crippen LogP contribution in [-0.4, -0.2) is 23.9 Å². The van der Waals surface area contributed by atoms with Crippen LogP contribution in [0.15, 0.2) is 0 Å². The van der Waals surface area contributed by atoms with E-state index in [4.69, 9.17) is 0 Å². The summed E-state index contributed by atoms with van der Waals surface area (Å²) >= 11 is 0. The molecule has 1 amide bonds. The second kappa shape index (κ2) is 5.38. The first-order valence-electron chi connectivity index (χ1n) is 5.54. The Labute approximate surface area is 88.7 Å². The van der Waals surface area contributed by atoms with Gasteiger partial charge in [-0.15, -0.1) is 0 Å². The molecule has 0 aromatic heterocycles. The molecular formula is C12H25NO. The van der Waals surface area contributed by atoms with Crippen molar-refractivity contribution >= 4 is 5.91 Å². The Morgan fingerprint density at radius 2 is 1.79 bits per heavy atom. The molecule has 0 atom stereocenters. The van der Waals surface area contributed by atoms with Crippen molar-refractivity contribution in [2.75, 3.05) is 13.1 Å². The third-order valence-corrected chi connectivity index (χ3v) is 2.00. The Morgan fingerprint density at radius 1 is 1.29 bits per heavy atom. The number of rotatable bonds is 4. The predicted molar refractivity (Wildman–Crippen MR) is 61.2 cm³/mol. The molecular weight excluding hydrogens is 174 g/mol. The van der Waals surface area contributed by atoms with Crippen LogP contribution in [0.1, 0.15) is 48.0 Å². The van der Waals surface area contributed by atoms with Crippen molar-refractivity contribution in [1.29, 1.82) is 0 Å². The van der Waals surface area contributed by atoms with Crippen molar-refractivity contribution in [3.63, 3.8) is 0 Å². The minimum Gasteiger partial charge on any atom is -0.343 e. The van der Waals surface area contributed by atoms with Gasteiger partial charge in [-0.3, -0.25) is 4.79 Å².